The van der Waals surface area contributed by atoms with Crippen LogP contribution in [0.15, 0.2) is 78.6 Å². The van der Waals surface area contributed by atoms with Gasteiger partial charge in [0.05, 0.1) is 5.70 Å². The predicted octanol–water partition coefficient (Wildman–Crippen LogP) is 3.77. The summed E-state index contributed by atoms with van der Waals surface area (Å²) in [6.07, 6.45) is 3.07. The van der Waals surface area contributed by atoms with Gasteiger partial charge >= 0.3 is 0 Å². The molecule has 7 nitrogen and oxygen atoms in total. The zero-order valence-electron chi connectivity index (χ0n) is 15.6. The summed E-state index contributed by atoms with van der Waals surface area (Å²) in [5.41, 5.74) is 4.52. The van der Waals surface area contributed by atoms with Crippen molar-refractivity contribution in [1.82, 2.24) is 25.2 Å². The Morgan fingerprint density at radius 1 is 0.967 bits per heavy atom. The van der Waals surface area contributed by atoms with Crippen molar-refractivity contribution >= 4 is 11.6 Å². The van der Waals surface area contributed by atoms with Crippen molar-refractivity contribution in [3.05, 3.63) is 101 Å². The minimum Gasteiger partial charge on any atom is -0.480 e. The number of hydrogen-bond acceptors (Lipinski definition) is 6. The van der Waals surface area contributed by atoms with Crippen LogP contribution < -0.4 is 10.1 Å². The summed E-state index contributed by atoms with van der Waals surface area (Å²) >= 11 is 0. The van der Waals surface area contributed by atoms with Gasteiger partial charge in [-0.05, 0) is 51.9 Å². The quantitative estimate of drug-likeness (QED) is 0.554. The number of para-hydroxylation sites is 1. The average Bonchev–Trinajstić information content (AvgIpc) is 3.26. The highest BCUT2D eigenvalue weighted by atomic mass is 19.1. The van der Waals surface area contributed by atoms with E-state index in [-0.39, 0.29) is 11.9 Å². The molecule has 0 radical (unpaired) electrons. The number of nitrogens with one attached hydrogen (secondary N) is 1. The molecule has 4 heterocycles. The number of rotatable bonds is 2. The van der Waals surface area contributed by atoms with E-state index in [1.165, 1.54) is 12.1 Å². The average molecular weight is 398 g/mol. The van der Waals surface area contributed by atoms with E-state index in [1.54, 1.807) is 29.2 Å². The van der Waals surface area contributed by atoms with E-state index >= 15 is 0 Å². The van der Waals surface area contributed by atoms with E-state index in [4.69, 9.17) is 4.74 Å². The first-order chi connectivity index (χ1) is 14.8. The van der Waals surface area contributed by atoms with Crippen LogP contribution in [0.3, 0.4) is 0 Å². The Balaban J connectivity index is 1.63. The van der Waals surface area contributed by atoms with E-state index in [2.05, 4.69) is 25.8 Å². The fraction of sp³-hybridized carbons (Fsp3) is 0.0909. The zero-order chi connectivity index (χ0) is 20.1. The van der Waals surface area contributed by atoms with Gasteiger partial charge in [0.1, 0.15) is 23.7 Å². The summed E-state index contributed by atoms with van der Waals surface area (Å²) < 4.78 is 21.8. The van der Waals surface area contributed by atoms with Crippen LogP contribution in [0.25, 0.3) is 5.70 Å². The summed E-state index contributed by atoms with van der Waals surface area (Å²) in [7, 11) is 0. The van der Waals surface area contributed by atoms with Gasteiger partial charge in [-0.15, -0.1) is 0 Å². The Bertz CT molecular complexity index is 1270. The van der Waals surface area contributed by atoms with E-state index < -0.39 is 6.10 Å². The van der Waals surface area contributed by atoms with Gasteiger partial charge in [-0.1, -0.05) is 35.4 Å². The lowest BCUT2D eigenvalue weighted by Crippen LogP contribution is -2.32. The molecule has 2 atom stereocenters. The molecule has 0 fully saturated rings. The molecule has 0 saturated heterocycles. The second-order valence-electron chi connectivity index (χ2n) is 7.14. The first-order valence-electron chi connectivity index (χ1n) is 9.50. The number of tetrazole rings is 1. The Morgan fingerprint density at radius 3 is 2.67 bits per heavy atom. The summed E-state index contributed by atoms with van der Waals surface area (Å²) in [4.78, 5) is 4.29. The van der Waals surface area contributed by atoms with Gasteiger partial charge in [-0.3, -0.25) is 4.98 Å². The van der Waals surface area contributed by atoms with Gasteiger partial charge in [0.2, 0.25) is 5.95 Å². The van der Waals surface area contributed by atoms with Crippen molar-refractivity contribution in [1.29, 1.82) is 0 Å². The largest absolute Gasteiger partial charge is 0.480 e. The Morgan fingerprint density at radius 2 is 1.83 bits per heavy atom. The van der Waals surface area contributed by atoms with Crippen LogP contribution in [0, 0.1) is 5.82 Å². The maximum atomic E-state index is 13.6. The van der Waals surface area contributed by atoms with Crippen molar-refractivity contribution < 1.29 is 9.13 Å². The third-order valence-electron chi connectivity index (χ3n) is 5.41. The molecule has 0 saturated carbocycles. The van der Waals surface area contributed by atoms with Gasteiger partial charge in [0, 0.05) is 23.5 Å². The molecule has 2 aliphatic rings. The number of anilines is 1. The fourth-order valence-corrected chi connectivity index (χ4v) is 4.11. The minimum absolute atomic E-state index is 0.294. The van der Waals surface area contributed by atoms with Gasteiger partial charge in [0.25, 0.3) is 0 Å². The topological polar surface area (TPSA) is 77.8 Å². The molecule has 1 N–H and O–H groups in total. The van der Waals surface area contributed by atoms with Crippen LogP contribution >= 0.6 is 0 Å². The maximum absolute atomic E-state index is 13.6. The van der Waals surface area contributed by atoms with Crippen molar-refractivity contribution in [2.75, 3.05) is 5.32 Å². The number of aromatic nitrogens is 5. The van der Waals surface area contributed by atoms with E-state index in [0.29, 0.717) is 5.95 Å². The lowest BCUT2D eigenvalue weighted by Gasteiger charge is -2.38. The summed E-state index contributed by atoms with van der Waals surface area (Å²) in [6, 6.07) is 17.7. The van der Waals surface area contributed by atoms with Gasteiger partial charge < -0.3 is 10.1 Å². The highest BCUT2D eigenvalue weighted by Crippen LogP contribution is 2.50. The minimum atomic E-state index is -0.453. The number of nitrogens with zero attached hydrogens (tertiary/aromatic N) is 5. The SMILES string of the molecule is Fc1ccc([C@H]2Oc3ccccc3C3=C2[C@H](c2cccnc2)n2nnnc2N3)cc1. The fourth-order valence-electron chi connectivity index (χ4n) is 4.11. The molecular weight excluding hydrogens is 383 g/mol. The van der Waals surface area contributed by atoms with Crippen molar-refractivity contribution in [3.8, 4) is 5.75 Å². The summed E-state index contributed by atoms with van der Waals surface area (Å²) in [6.45, 7) is 0. The van der Waals surface area contributed by atoms with Crippen molar-refractivity contribution in [2.24, 2.45) is 0 Å². The van der Waals surface area contributed by atoms with Gasteiger partial charge in [-0.2, -0.15) is 4.68 Å². The third-order valence-corrected chi connectivity index (χ3v) is 5.41. The monoisotopic (exact) mass is 398 g/mol. The molecule has 2 aromatic heterocycles. The second-order valence-corrected chi connectivity index (χ2v) is 7.14. The molecule has 0 unspecified atom stereocenters. The number of pyridine rings is 1. The molecule has 8 heteroatoms. The number of ether oxygens (including phenoxy) is 1. The molecule has 2 aromatic carbocycles. The standard InChI is InChI=1S/C22H15FN6O/c23-15-9-7-13(8-10-15)21-18-19(16-5-1-2-6-17(16)30-21)25-22-26-27-28-29(22)20(18)14-4-3-11-24-12-14/h1-12,20-21H,(H,25,26,28)/t20-,21+/m0/s1. The first-order valence-corrected chi connectivity index (χ1v) is 9.50. The van der Waals surface area contributed by atoms with Crippen molar-refractivity contribution in [3.63, 3.8) is 0 Å². The third kappa shape index (κ3) is 2.50. The first kappa shape index (κ1) is 16.8. The Labute approximate surface area is 170 Å². The molecule has 4 aromatic rings. The molecule has 0 bridgehead atoms. The molecule has 6 rings (SSSR count). The van der Waals surface area contributed by atoms with Crippen LogP contribution in [-0.2, 0) is 0 Å². The highest BCUT2D eigenvalue weighted by molar-refractivity contribution is 5.85. The van der Waals surface area contributed by atoms with Gasteiger partial charge in [-0.25, -0.2) is 4.39 Å². The lowest BCUT2D eigenvalue weighted by molar-refractivity contribution is 0.222. The lowest BCUT2D eigenvalue weighted by atomic mass is 9.85. The molecule has 0 amide bonds. The number of fused-ring (bicyclic) bond motifs is 3. The van der Waals surface area contributed by atoms with Crippen LogP contribution in [0.2, 0.25) is 0 Å². The predicted molar refractivity (Wildman–Crippen MR) is 107 cm³/mol. The summed E-state index contributed by atoms with van der Waals surface area (Å²) in [5, 5.41) is 15.6. The molecule has 146 valence electrons. The number of benzene rings is 2. The van der Waals surface area contributed by atoms with Crippen LogP contribution in [0.1, 0.15) is 28.8 Å². The number of hydrogen-bond donors (Lipinski definition) is 1. The number of halogens is 1. The van der Waals surface area contributed by atoms with Crippen molar-refractivity contribution in [2.45, 2.75) is 12.1 Å². The smallest absolute Gasteiger partial charge is 0.248 e. The van der Waals surface area contributed by atoms with Gasteiger partial charge in [0.15, 0.2) is 0 Å². The molecular formula is C22H15FN6O. The van der Waals surface area contributed by atoms with Crippen LogP contribution in [0.4, 0.5) is 10.3 Å². The Hall–Kier alpha value is -4.07. The van der Waals surface area contributed by atoms with E-state index in [1.807, 2.05) is 36.4 Å². The summed E-state index contributed by atoms with van der Waals surface area (Å²) in [5.74, 6) is 0.985. The zero-order valence-corrected chi connectivity index (χ0v) is 15.6. The maximum Gasteiger partial charge on any atom is 0.248 e. The molecule has 2 aliphatic heterocycles. The van der Waals surface area contributed by atoms with Crippen LogP contribution in [-0.4, -0.2) is 25.2 Å². The molecule has 0 aliphatic carbocycles. The highest BCUT2D eigenvalue weighted by Gasteiger charge is 2.41. The van der Waals surface area contributed by atoms with E-state index in [0.717, 1.165) is 33.7 Å². The molecule has 0 spiro atoms. The van der Waals surface area contributed by atoms with E-state index in [9.17, 15) is 4.39 Å². The van der Waals surface area contributed by atoms with Crippen LogP contribution in [0.5, 0.6) is 5.75 Å². The Kier molecular flexibility index (Phi) is 3.64. The normalized spacial score (nSPS) is 19.2. The second kappa shape index (κ2) is 6.48. The molecule has 30 heavy (non-hydrogen) atoms.